The summed E-state index contributed by atoms with van der Waals surface area (Å²) in [5, 5.41) is 3.39. The van der Waals surface area contributed by atoms with Gasteiger partial charge in [0.05, 0.1) is 13.2 Å². The van der Waals surface area contributed by atoms with Gasteiger partial charge >= 0.3 is 0 Å². The molecule has 1 N–H and O–H groups in total. The summed E-state index contributed by atoms with van der Waals surface area (Å²) in [6, 6.07) is 12.3. The molecule has 2 aromatic rings. The van der Waals surface area contributed by atoms with Crippen LogP contribution in [0, 0.1) is 0 Å². The zero-order valence-corrected chi connectivity index (χ0v) is 17.3. The number of nitrogens with zero attached hydrogens (tertiary/aromatic N) is 2. The lowest BCUT2D eigenvalue weighted by Gasteiger charge is -2.36. The number of hydrogen-bond donors (Lipinski definition) is 1. The van der Waals surface area contributed by atoms with Crippen LogP contribution < -0.4 is 10.1 Å². The zero-order chi connectivity index (χ0) is 18.9. The topological polar surface area (TPSA) is 54.5 Å². The molecule has 0 aliphatic carbocycles. The molecule has 1 atom stereocenters. The normalized spacial score (nSPS) is 16.3. The third-order valence-electron chi connectivity index (χ3n) is 5.15. The van der Waals surface area contributed by atoms with Crippen molar-refractivity contribution in [2.24, 2.45) is 0 Å². The van der Waals surface area contributed by atoms with Crippen molar-refractivity contribution in [2.75, 3.05) is 26.7 Å². The maximum atomic E-state index is 12.7. The number of carbonyl (C=O) groups excluding carboxylic acids is 1. The molecule has 152 valence electrons. The number of benzene rings is 1. The highest BCUT2D eigenvalue weighted by atomic mass is 35.5. The van der Waals surface area contributed by atoms with E-state index in [1.54, 1.807) is 13.3 Å². The fourth-order valence-electron chi connectivity index (χ4n) is 3.59. The van der Waals surface area contributed by atoms with Gasteiger partial charge in [-0.3, -0.25) is 9.78 Å². The van der Waals surface area contributed by atoms with Crippen molar-refractivity contribution in [3.05, 3.63) is 59.9 Å². The molecule has 1 aromatic carbocycles. The predicted molar refractivity (Wildman–Crippen MR) is 114 cm³/mol. The monoisotopic (exact) mass is 403 g/mol. The summed E-state index contributed by atoms with van der Waals surface area (Å²) in [5.41, 5.74) is 2.43. The van der Waals surface area contributed by atoms with E-state index >= 15 is 0 Å². The summed E-state index contributed by atoms with van der Waals surface area (Å²) in [6.45, 7) is 2.43. The number of hydrogen-bond acceptors (Lipinski definition) is 4. The van der Waals surface area contributed by atoms with E-state index in [4.69, 9.17) is 4.74 Å². The summed E-state index contributed by atoms with van der Waals surface area (Å²) in [7, 11) is 1.68. The number of amides is 1. The number of aromatic nitrogens is 1. The van der Waals surface area contributed by atoms with Crippen LogP contribution in [0.2, 0.25) is 0 Å². The van der Waals surface area contributed by atoms with Crippen molar-refractivity contribution in [2.45, 2.75) is 38.1 Å². The van der Waals surface area contributed by atoms with Gasteiger partial charge in [0.15, 0.2) is 0 Å². The Balaban J connectivity index is 0.00000280. The second kappa shape index (κ2) is 11.7. The molecule has 2 heterocycles. The fourth-order valence-corrected chi connectivity index (χ4v) is 3.59. The van der Waals surface area contributed by atoms with Crippen LogP contribution in [0.1, 0.15) is 42.9 Å². The molecular formula is C22H30ClN3O2. The molecule has 1 amide bonds. The van der Waals surface area contributed by atoms with E-state index in [0.29, 0.717) is 6.42 Å². The number of nitrogens with one attached hydrogen (secondary N) is 1. The summed E-state index contributed by atoms with van der Waals surface area (Å²) in [4.78, 5) is 19.0. The van der Waals surface area contributed by atoms with Crippen molar-refractivity contribution in [3.8, 4) is 5.75 Å². The zero-order valence-electron chi connectivity index (χ0n) is 16.5. The summed E-state index contributed by atoms with van der Waals surface area (Å²) in [6.07, 6.45) is 8.43. The minimum atomic E-state index is 0. The standard InChI is InChI=1S/C22H29N3O2.ClH/c1-27-20-11-9-18(10-12-20)6-3-2-4-8-22(26)25-15-14-24-17-21(25)19-7-5-13-23-16-19;/h5,7,9-13,16,21,24H,2-4,6,8,14-15,17H2,1H3;1H. The second-order valence-corrected chi connectivity index (χ2v) is 7.00. The van der Waals surface area contributed by atoms with E-state index in [1.807, 2.05) is 29.3 Å². The smallest absolute Gasteiger partial charge is 0.223 e. The van der Waals surface area contributed by atoms with Crippen LogP contribution in [0.4, 0.5) is 0 Å². The lowest BCUT2D eigenvalue weighted by atomic mass is 10.0. The van der Waals surface area contributed by atoms with Gasteiger partial charge in [-0.05, 0) is 48.6 Å². The second-order valence-electron chi connectivity index (χ2n) is 7.00. The van der Waals surface area contributed by atoms with Gasteiger partial charge in [-0.15, -0.1) is 12.4 Å². The number of carbonyl (C=O) groups is 1. The molecule has 1 aliphatic rings. The van der Waals surface area contributed by atoms with Crippen LogP contribution in [-0.2, 0) is 11.2 Å². The maximum absolute atomic E-state index is 12.7. The van der Waals surface area contributed by atoms with Gasteiger partial charge in [0, 0.05) is 38.4 Å². The van der Waals surface area contributed by atoms with Crippen molar-refractivity contribution in [3.63, 3.8) is 0 Å². The number of halogens is 1. The van der Waals surface area contributed by atoms with Crippen molar-refractivity contribution >= 4 is 18.3 Å². The van der Waals surface area contributed by atoms with Crippen molar-refractivity contribution < 1.29 is 9.53 Å². The Kier molecular flexibility index (Phi) is 9.24. The molecule has 1 fully saturated rings. The highest BCUT2D eigenvalue weighted by Crippen LogP contribution is 2.23. The molecule has 3 rings (SSSR count). The van der Waals surface area contributed by atoms with Gasteiger partial charge in [-0.25, -0.2) is 0 Å². The molecule has 0 saturated carbocycles. The van der Waals surface area contributed by atoms with Gasteiger partial charge < -0.3 is 15.0 Å². The molecule has 0 spiro atoms. The summed E-state index contributed by atoms with van der Waals surface area (Å²) >= 11 is 0. The van der Waals surface area contributed by atoms with E-state index in [9.17, 15) is 4.79 Å². The molecule has 28 heavy (non-hydrogen) atoms. The summed E-state index contributed by atoms with van der Waals surface area (Å²) < 4.78 is 5.19. The van der Waals surface area contributed by atoms with E-state index in [1.165, 1.54) is 5.56 Å². The van der Waals surface area contributed by atoms with Crippen LogP contribution in [0.15, 0.2) is 48.8 Å². The first-order valence-electron chi connectivity index (χ1n) is 9.81. The summed E-state index contributed by atoms with van der Waals surface area (Å²) in [5.74, 6) is 1.15. The number of aryl methyl sites for hydroxylation is 1. The van der Waals surface area contributed by atoms with E-state index in [-0.39, 0.29) is 24.4 Å². The van der Waals surface area contributed by atoms with Gasteiger partial charge in [0.2, 0.25) is 5.91 Å². The Bertz CT molecular complexity index is 709. The van der Waals surface area contributed by atoms with E-state index < -0.39 is 0 Å². The Labute approximate surface area is 173 Å². The number of pyridine rings is 1. The first kappa shape index (κ1) is 22.2. The van der Waals surface area contributed by atoms with E-state index in [2.05, 4.69) is 28.5 Å². The number of ether oxygens (including phenoxy) is 1. The molecule has 0 radical (unpaired) electrons. The van der Waals surface area contributed by atoms with Crippen molar-refractivity contribution in [1.29, 1.82) is 0 Å². The Morgan fingerprint density at radius 1 is 1.21 bits per heavy atom. The van der Waals surface area contributed by atoms with Crippen LogP contribution in [-0.4, -0.2) is 42.5 Å². The molecule has 6 heteroatoms. The molecule has 1 unspecified atom stereocenters. The first-order valence-corrected chi connectivity index (χ1v) is 9.81. The quantitative estimate of drug-likeness (QED) is 0.681. The lowest BCUT2D eigenvalue weighted by Crippen LogP contribution is -2.48. The lowest BCUT2D eigenvalue weighted by molar-refractivity contribution is -0.134. The van der Waals surface area contributed by atoms with Crippen molar-refractivity contribution in [1.82, 2.24) is 15.2 Å². The Morgan fingerprint density at radius 3 is 2.75 bits per heavy atom. The number of unbranched alkanes of at least 4 members (excludes halogenated alkanes) is 2. The fraction of sp³-hybridized carbons (Fsp3) is 0.455. The molecular weight excluding hydrogens is 374 g/mol. The number of rotatable bonds is 8. The minimum absolute atomic E-state index is 0. The highest BCUT2D eigenvalue weighted by Gasteiger charge is 2.27. The maximum Gasteiger partial charge on any atom is 0.223 e. The van der Waals surface area contributed by atoms with Crippen LogP contribution in [0.5, 0.6) is 5.75 Å². The SMILES string of the molecule is COc1ccc(CCCCCC(=O)N2CCNCC2c2cccnc2)cc1.Cl. The Hall–Kier alpha value is -2.11. The van der Waals surface area contributed by atoms with Gasteiger partial charge in [-0.2, -0.15) is 0 Å². The molecule has 1 aromatic heterocycles. The minimum Gasteiger partial charge on any atom is -0.497 e. The molecule has 1 aliphatic heterocycles. The largest absolute Gasteiger partial charge is 0.497 e. The molecule has 1 saturated heterocycles. The first-order chi connectivity index (χ1) is 13.3. The van der Waals surface area contributed by atoms with Gasteiger partial charge in [0.25, 0.3) is 0 Å². The Morgan fingerprint density at radius 2 is 2.04 bits per heavy atom. The average Bonchev–Trinajstić information content (AvgIpc) is 2.74. The van der Waals surface area contributed by atoms with Crippen LogP contribution >= 0.6 is 12.4 Å². The number of piperazine rings is 1. The predicted octanol–water partition coefficient (Wildman–Crippen LogP) is 3.79. The molecule has 5 nitrogen and oxygen atoms in total. The van der Waals surface area contributed by atoms with Gasteiger partial charge in [-0.1, -0.05) is 24.6 Å². The van der Waals surface area contributed by atoms with Gasteiger partial charge in [0.1, 0.15) is 5.75 Å². The third-order valence-corrected chi connectivity index (χ3v) is 5.15. The number of methoxy groups -OCH3 is 1. The third kappa shape index (κ3) is 6.21. The molecule has 0 bridgehead atoms. The van der Waals surface area contributed by atoms with Crippen LogP contribution in [0.25, 0.3) is 0 Å². The highest BCUT2D eigenvalue weighted by molar-refractivity contribution is 5.85. The average molecular weight is 404 g/mol. The van der Waals surface area contributed by atoms with Crippen LogP contribution in [0.3, 0.4) is 0 Å². The van der Waals surface area contributed by atoms with E-state index in [0.717, 1.165) is 56.6 Å².